The smallest absolute Gasteiger partial charge is 0.315 e. The summed E-state index contributed by atoms with van der Waals surface area (Å²) >= 11 is 5.75. The normalized spacial score (nSPS) is 37.9. The Morgan fingerprint density at radius 3 is 0.889 bits per heavy atom. The molecule has 0 aromatic heterocycles. The van der Waals surface area contributed by atoms with E-state index in [4.69, 9.17) is 22.9 Å². The molecule has 6 aliphatic carbocycles. The number of aliphatic imine (C=N–C) groups is 1. The molecule has 8 nitrogen and oxygen atoms in total. The molecule has 6 aliphatic rings. The number of hydrogen-bond donors (Lipinski definition) is 6. The van der Waals surface area contributed by atoms with Crippen molar-refractivity contribution in [3.63, 3.8) is 0 Å². The molecule has 420 valence electrons. The van der Waals surface area contributed by atoms with Crippen molar-refractivity contribution in [2.75, 3.05) is 0 Å². The first-order chi connectivity index (χ1) is 33.8. The van der Waals surface area contributed by atoms with Gasteiger partial charge in [-0.15, -0.1) is 0 Å². The van der Waals surface area contributed by atoms with Crippen molar-refractivity contribution in [1.82, 2.24) is 26.6 Å². The fourth-order valence-corrected chi connectivity index (χ4v) is 15.6. The first kappa shape index (κ1) is 62.8. The standard InChI is InChI=1S/C21H41N3.C21H40N2O.C21H40N2S/c1-13(2)17-9-7-15(5)11-19(17)23-21(22)24-20-12-16(6)8-10-18(20)14(3)4;2*1-13(2)17-9-7-15(5)11-19(17)22-21(24)23-20-12-16(6)8-10-18(20)14(3)4/h13-20H,7-12H2,1-6H3,(H3,22,23,24);2*13-20H,7-12H2,1-6H3,(H2,22,23,24)/t3*15-,16-,17+,18+,19+,20+/m111/s1. The maximum Gasteiger partial charge on any atom is 0.315 e. The molecule has 0 aromatic rings. The highest BCUT2D eigenvalue weighted by Crippen LogP contribution is 2.39. The van der Waals surface area contributed by atoms with E-state index in [9.17, 15) is 4.79 Å². The number of urea groups is 1. The highest BCUT2D eigenvalue weighted by Gasteiger charge is 2.38. The maximum atomic E-state index is 12.7. The van der Waals surface area contributed by atoms with E-state index in [1.165, 1.54) is 103 Å². The first-order valence-electron chi connectivity index (χ1n) is 31.1. The van der Waals surface area contributed by atoms with Crippen LogP contribution in [-0.4, -0.2) is 53.4 Å². The van der Waals surface area contributed by atoms with Crippen molar-refractivity contribution in [1.29, 1.82) is 0 Å². The number of hydrogen-bond acceptors (Lipinski definition) is 3. The molecule has 6 rings (SSSR count). The summed E-state index contributed by atoms with van der Waals surface area (Å²) in [4.78, 5) is 17.7. The van der Waals surface area contributed by atoms with Crippen LogP contribution < -0.4 is 32.3 Å². The highest BCUT2D eigenvalue weighted by atomic mass is 32.1. The van der Waals surface area contributed by atoms with E-state index in [2.05, 4.69) is 151 Å². The number of carbonyl (C=O) groups is 1. The molecule has 6 saturated carbocycles. The molecule has 0 saturated heterocycles. The second kappa shape index (κ2) is 30.2. The molecule has 9 heteroatoms. The van der Waals surface area contributed by atoms with Gasteiger partial charge in [-0.2, -0.15) is 0 Å². The third-order valence-electron chi connectivity index (χ3n) is 20.0. The summed E-state index contributed by atoms with van der Waals surface area (Å²) in [6.07, 6.45) is 23.1. The minimum atomic E-state index is 0.0736. The summed E-state index contributed by atoms with van der Waals surface area (Å²) < 4.78 is 0. The number of rotatable bonds is 12. The van der Waals surface area contributed by atoms with Crippen molar-refractivity contribution in [3.05, 3.63) is 0 Å². The number of carbonyl (C=O) groups excluding carboxylic acids is 1. The lowest BCUT2D eigenvalue weighted by molar-refractivity contribution is 0.150. The summed E-state index contributed by atoms with van der Waals surface area (Å²) in [5, 5.41) is 18.7. The van der Waals surface area contributed by atoms with Crippen molar-refractivity contribution in [2.24, 2.45) is 117 Å². The molecule has 18 atom stereocenters. The van der Waals surface area contributed by atoms with Crippen molar-refractivity contribution >= 4 is 29.3 Å². The molecule has 72 heavy (non-hydrogen) atoms. The van der Waals surface area contributed by atoms with E-state index in [-0.39, 0.29) is 6.03 Å². The molecule has 0 unspecified atom stereocenters. The van der Waals surface area contributed by atoms with E-state index in [1.54, 1.807) is 0 Å². The molecule has 0 radical (unpaired) electrons. The zero-order valence-corrected chi connectivity index (χ0v) is 51.2. The van der Waals surface area contributed by atoms with Crippen molar-refractivity contribution < 1.29 is 4.79 Å². The van der Waals surface area contributed by atoms with Crippen LogP contribution in [0.25, 0.3) is 0 Å². The molecular formula is C63H121N7OS. The minimum absolute atomic E-state index is 0.0736. The summed E-state index contributed by atoms with van der Waals surface area (Å²) in [6, 6.07) is 2.75. The Labute approximate surface area is 452 Å². The fraction of sp³-hybridized carbons (Fsp3) is 0.952. The quantitative estimate of drug-likeness (QED) is 0.0659. The van der Waals surface area contributed by atoms with Crippen LogP contribution in [0.1, 0.15) is 240 Å². The van der Waals surface area contributed by atoms with Gasteiger partial charge in [-0.05, 0) is 196 Å². The predicted octanol–water partition coefficient (Wildman–Crippen LogP) is 15.4. The molecule has 0 aromatic carbocycles. The van der Waals surface area contributed by atoms with Crippen LogP contribution >= 0.6 is 12.2 Å². The Morgan fingerprint density at radius 1 is 0.375 bits per heavy atom. The van der Waals surface area contributed by atoms with E-state index in [1.807, 2.05) is 0 Å². The van der Waals surface area contributed by atoms with Crippen LogP contribution in [-0.2, 0) is 0 Å². The van der Waals surface area contributed by atoms with E-state index in [0.717, 1.165) is 83.1 Å². The van der Waals surface area contributed by atoms with E-state index >= 15 is 0 Å². The second-order valence-electron chi connectivity index (χ2n) is 28.5. The van der Waals surface area contributed by atoms with Gasteiger partial charge in [-0.3, -0.25) is 0 Å². The minimum Gasteiger partial charge on any atom is -0.370 e. The monoisotopic (exact) mass is 1020 g/mol. The van der Waals surface area contributed by atoms with Crippen molar-refractivity contribution in [2.45, 2.75) is 276 Å². The molecule has 0 spiro atoms. The lowest BCUT2D eigenvalue weighted by Crippen LogP contribution is -2.54. The van der Waals surface area contributed by atoms with Gasteiger partial charge >= 0.3 is 6.03 Å². The van der Waals surface area contributed by atoms with Gasteiger partial charge in [0, 0.05) is 30.2 Å². The molecule has 6 fully saturated rings. The SMILES string of the molecule is CC(C)[C@@H]1CC[C@@H](C)C[C@@H]1N=C(N)N[C@H]1C[C@H](C)CC[C@H]1C(C)C.CC(C)[C@@H]1CC[C@@H](C)C[C@@H]1NC(=O)N[C@H]1C[C@H](C)CC[C@H]1C(C)C.CC(C)[C@@H]1CC[C@@H](C)C[C@@H]1NC(=S)N[C@H]1C[C@H](C)CC[C@H]1C(C)C. The van der Waals surface area contributed by atoms with Gasteiger partial charge in [0.2, 0.25) is 0 Å². The number of nitrogens with two attached hydrogens (primary N) is 1. The molecule has 0 aliphatic heterocycles. The summed E-state index contributed by atoms with van der Waals surface area (Å²) in [5.74, 6) is 13.7. The fourth-order valence-electron chi connectivity index (χ4n) is 15.3. The molecule has 2 amide bonds. The Bertz CT molecular complexity index is 1450. The van der Waals surface area contributed by atoms with Gasteiger partial charge in [-0.25, -0.2) is 9.79 Å². The molecule has 7 N–H and O–H groups in total. The Morgan fingerprint density at radius 2 is 0.611 bits per heavy atom. The summed E-state index contributed by atoms with van der Waals surface area (Å²) in [7, 11) is 0. The molecule has 0 heterocycles. The Hall–Kier alpha value is -1.77. The van der Waals surface area contributed by atoms with Crippen LogP contribution in [0.15, 0.2) is 4.99 Å². The zero-order chi connectivity index (χ0) is 53.6. The number of guanidine groups is 1. The third-order valence-corrected chi connectivity index (χ3v) is 20.2. The van der Waals surface area contributed by atoms with Gasteiger partial charge in [0.25, 0.3) is 0 Å². The van der Waals surface area contributed by atoms with Crippen molar-refractivity contribution in [3.8, 4) is 0 Å². The topological polar surface area (TPSA) is 116 Å². The number of amides is 2. The Kier molecular flexibility index (Phi) is 26.4. The van der Waals surface area contributed by atoms with Gasteiger partial charge in [0.1, 0.15) is 0 Å². The van der Waals surface area contributed by atoms with Crippen LogP contribution in [0.5, 0.6) is 0 Å². The highest BCUT2D eigenvalue weighted by molar-refractivity contribution is 7.80. The predicted molar refractivity (Wildman–Crippen MR) is 316 cm³/mol. The van der Waals surface area contributed by atoms with Gasteiger partial charge in [0.15, 0.2) is 11.1 Å². The first-order valence-corrected chi connectivity index (χ1v) is 31.5. The number of nitrogens with zero attached hydrogens (tertiary/aromatic N) is 1. The largest absolute Gasteiger partial charge is 0.370 e. The second-order valence-corrected chi connectivity index (χ2v) is 28.9. The maximum absolute atomic E-state index is 12.7. The van der Waals surface area contributed by atoms with Gasteiger partial charge in [-0.1, -0.05) is 163 Å². The third kappa shape index (κ3) is 20.0. The summed E-state index contributed by atoms with van der Waals surface area (Å²) in [6.45, 7) is 42.2. The number of thiocarbonyl (C=S) groups is 1. The van der Waals surface area contributed by atoms with E-state index < -0.39 is 0 Å². The Balaban J connectivity index is 0.000000234. The average molecular weight is 1020 g/mol. The van der Waals surface area contributed by atoms with Crippen LogP contribution in [0.2, 0.25) is 0 Å². The van der Waals surface area contributed by atoms with Gasteiger partial charge < -0.3 is 32.3 Å². The lowest BCUT2D eigenvalue weighted by Gasteiger charge is -2.41. The van der Waals surface area contributed by atoms with Crippen LogP contribution in [0, 0.1) is 107 Å². The average Bonchev–Trinajstić information content (AvgIpc) is 3.26. The summed E-state index contributed by atoms with van der Waals surface area (Å²) in [5.41, 5.74) is 6.39. The molecular weight excluding hydrogens is 903 g/mol. The van der Waals surface area contributed by atoms with Gasteiger partial charge in [0.05, 0.1) is 6.04 Å². The van der Waals surface area contributed by atoms with E-state index in [0.29, 0.717) is 83.6 Å². The van der Waals surface area contributed by atoms with Crippen LogP contribution in [0.3, 0.4) is 0 Å². The molecule has 0 bridgehead atoms. The zero-order valence-electron chi connectivity index (χ0n) is 50.4. The number of nitrogens with one attached hydrogen (secondary N) is 5. The lowest BCUT2D eigenvalue weighted by atomic mass is 9.73. The van der Waals surface area contributed by atoms with Crippen LogP contribution in [0.4, 0.5) is 4.79 Å².